The first-order valence-electron chi connectivity index (χ1n) is 33.1. The highest BCUT2D eigenvalue weighted by Crippen LogP contribution is 2.23. The first-order valence-corrected chi connectivity index (χ1v) is 33.1. The average molecular weight is 1030 g/mol. The maximum absolute atomic E-state index is 14.1. The van der Waals surface area contributed by atoms with Gasteiger partial charge in [0.1, 0.15) is 0 Å². The third-order valence-electron chi connectivity index (χ3n) is 15.9. The molecule has 0 radical (unpaired) electrons. The van der Waals surface area contributed by atoms with E-state index in [1.165, 1.54) is 231 Å². The van der Waals surface area contributed by atoms with Crippen molar-refractivity contribution in [2.45, 2.75) is 355 Å². The van der Waals surface area contributed by atoms with Gasteiger partial charge in [-0.25, -0.2) is 0 Å². The third-order valence-corrected chi connectivity index (χ3v) is 15.9. The molecular formula is C66H131N3O4. The van der Waals surface area contributed by atoms with Crippen molar-refractivity contribution < 1.29 is 19.1 Å². The molecule has 0 aromatic carbocycles. The Kier molecular flexibility index (Phi) is 55.3. The van der Waals surface area contributed by atoms with Crippen molar-refractivity contribution >= 4 is 17.8 Å². The summed E-state index contributed by atoms with van der Waals surface area (Å²) in [6, 6.07) is 0.326. The van der Waals surface area contributed by atoms with Gasteiger partial charge in [-0.2, -0.15) is 0 Å². The molecule has 0 saturated heterocycles. The van der Waals surface area contributed by atoms with Crippen LogP contribution >= 0.6 is 0 Å². The Hall–Kier alpha value is -1.63. The number of esters is 1. The molecule has 73 heavy (non-hydrogen) atoms. The molecule has 2 atom stereocenters. The van der Waals surface area contributed by atoms with E-state index in [0.717, 1.165) is 90.4 Å². The van der Waals surface area contributed by atoms with Crippen molar-refractivity contribution in [3.05, 3.63) is 0 Å². The summed E-state index contributed by atoms with van der Waals surface area (Å²) in [6.45, 7) is 15.8. The number of hydrogen-bond acceptors (Lipinski definition) is 5. The summed E-state index contributed by atoms with van der Waals surface area (Å²) in [4.78, 5) is 47.2. The van der Waals surface area contributed by atoms with Gasteiger partial charge in [0.2, 0.25) is 11.8 Å². The minimum atomic E-state index is -0.000895. The molecule has 7 heteroatoms. The lowest BCUT2D eigenvalue weighted by Crippen LogP contribution is -2.41. The van der Waals surface area contributed by atoms with Crippen molar-refractivity contribution in [2.24, 2.45) is 5.92 Å². The first kappa shape index (κ1) is 71.4. The Morgan fingerprint density at radius 1 is 0.329 bits per heavy atom. The lowest BCUT2D eigenvalue weighted by Gasteiger charge is -2.33. The van der Waals surface area contributed by atoms with E-state index in [0.29, 0.717) is 49.6 Å². The lowest BCUT2D eigenvalue weighted by atomic mass is 9.96. The van der Waals surface area contributed by atoms with E-state index in [-0.39, 0.29) is 5.97 Å². The molecule has 0 heterocycles. The Bertz CT molecular complexity index is 1140. The zero-order valence-electron chi connectivity index (χ0n) is 50.8. The molecule has 0 saturated carbocycles. The zero-order chi connectivity index (χ0) is 53.5. The highest BCUT2D eigenvalue weighted by Gasteiger charge is 2.23. The fraction of sp³-hybridized carbons (Fsp3) is 0.955. The Morgan fingerprint density at radius 3 is 1.11 bits per heavy atom. The van der Waals surface area contributed by atoms with Crippen LogP contribution in [0.2, 0.25) is 0 Å². The van der Waals surface area contributed by atoms with Crippen LogP contribution < -0.4 is 0 Å². The van der Waals surface area contributed by atoms with Crippen molar-refractivity contribution in [1.82, 2.24) is 14.7 Å². The maximum atomic E-state index is 14.1. The number of unbranched alkanes of at least 4 members (excludes halogenated alkanes) is 34. The third kappa shape index (κ3) is 48.5. The van der Waals surface area contributed by atoms with Gasteiger partial charge in [-0.05, 0) is 90.8 Å². The summed E-state index contributed by atoms with van der Waals surface area (Å²) in [5.41, 5.74) is 0. The molecule has 7 nitrogen and oxygen atoms in total. The summed E-state index contributed by atoms with van der Waals surface area (Å²) in [7, 11) is 4.29. The van der Waals surface area contributed by atoms with Gasteiger partial charge in [-0.3, -0.25) is 14.4 Å². The second kappa shape index (κ2) is 56.6. The van der Waals surface area contributed by atoms with Crippen LogP contribution in [0.3, 0.4) is 0 Å². The van der Waals surface area contributed by atoms with Crippen LogP contribution in [0.4, 0.5) is 0 Å². The predicted octanol–water partition coefficient (Wildman–Crippen LogP) is 19.9. The lowest BCUT2D eigenvalue weighted by molar-refractivity contribution is -0.145. The summed E-state index contributed by atoms with van der Waals surface area (Å²) >= 11 is 0. The predicted molar refractivity (Wildman–Crippen MR) is 320 cm³/mol. The molecule has 0 aromatic rings. The van der Waals surface area contributed by atoms with E-state index < -0.39 is 0 Å². The van der Waals surface area contributed by atoms with Gasteiger partial charge in [0.05, 0.1) is 6.61 Å². The molecule has 0 aromatic heterocycles. The SMILES string of the molecule is CCCCCCCCCCN(CCCCCCCCCC)C(=O)CCCCCCCCC(CCCCCCCCC(=O)OCC(CCCC)CCCCCC)N(CCCN(C)C)C(=O)CCCCCCCCC. The highest BCUT2D eigenvalue weighted by atomic mass is 16.5. The van der Waals surface area contributed by atoms with E-state index >= 15 is 0 Å². The Morgan fingerprint density at radius 2 is 0.671 bits per heavy atom. The second-order valence-corrected chi connectivity index (χ2v) is 23.5. The molecule has 0 aliphatic heterocycles. The molecule has 0 bridgehead atoms. The summed E-state index contributed by atoms with van der Waals surface area (Å²) in [5, 5.41) is 0. The highest BCUT2D eigenvalue weighted by molar-refractivity contribution is 5.76. The van der Waals surface area contributed by atoms with Crippen LogP contribution in [0, 0.1) is 5.92 Å². The van der Waals surface area contributed by atoms with Crippen molar-refractivity contribution in [3.63, 3.8) is 0 Å². The number of ether oxygens (including phenoxy) is 1. The molecular weight excluding hydrogens is 899 g/mol. The maximum Gasteiger partial charge on any atom is 0.305 e. The fourth-order valence-corrected chi connectivity index (χ4v) is 11.0. The smallest absolute Gasteiger partial charge is 0.305 e. The molecule has 0 N–H and O–H groups in total. The molecule has 2 amide bonds. The molecule has 434 valence electrons. The van der Waals surface area contributed by atoms with Crippen LogP contribution in [-0.2, 0) is 19.1 Å². The number of nitrogens with zero attached hydrogens (tertiary/aromatic N) is 3. The standard InChI is InChI=1S/C66H131N3O4/c1-8-13-18-22-25-32-39-47-58-68(59-48-40-33-26-23-19-14-9-2)64(70)54-44-36-30-28-34-42-52-63(69(60-49-57-67(6)7)65(71)55-45-37-27-24-20-15-10-3)53-43-35-29-31-38-46-56-66(72)73-61-62(50-17-12-5)51-41-21-16-11-4/h62-63H,8-61H2,1-7H3. The minimum absolute atomic E-state index is 0.000895. The molecule has 0 aliphatic rings. The fourth-order valence-electron chi connectivity index (χ4n) is 11.0. The summed E-state index contributed by atoms with van der Waals surface area (Å²) in [5.74, 6) is 1.32. The van der Waals surface area contributed by atoms with Gasteiger partial charge in [0.25, 0.3) is 0 Å². The van der Waals surface area contributed by atoms with Crippen LogP contribution in [0.25, 0.3) is 0 Å². The van der Waals surface area contributed by atoms with Crippen LogP contribution in [0.15, 0.2) is 0 Å². The normalized spacial score (nSPS) is 12.4. The van der Waals surface area contributed by atoms with Gasteiger partial charge >= 0.3 is 5.97 Å². The molecule has 0 fully saturated rings. The largest absolute Gasteiger partial charge is 0.465 e. The van der Waals surface area contributed by atoms with Crippen molar-refractivity contribution in [3.8, 4) is 0 Å². The van der Waals surface area contributed by atoms with Crippen LogP contribution in [-0.4, -0.2) is 85.4 Å². The van der Waals surface area contributed by atoms with E-state index in [1.54, 1.807) is 0 Å². The number of hydrogen-bond donors (Lipinski definition) is 0. The van der Waals surface area contributed by atoms with Gasteiger partial charge < -0.3 is 19.4 Å². The summed E-state index contributed by atoms with van der Waals surface area (Å²) < 4.78 is 5.81. The number of carbonyl (C=O) groups excluding carboxylic acids is 3. The van der Waals surface area contributed by atoms with Gasteiger partial charge in [0, 0.05) is 44.9 Å². The molecule has 0 spiro atoms. The van der Waals surface area contributed by atoms with Crippen molar-refractivity contribution in [2.75, 3.05) is 46.9 Å². The van der Waals surface area contributed by atoms with Crippen LogP contribution in [0.1, 0.15) is 349 Å². The van der Waals surface area contributed by atoms with Gasteiger partial charge in [-0.1, -0.05) is 266 Å². The monoisotopic (exact) mass is 1030 g/mol. The number of amides is 2. The quantitative estimate of drug-likeness (QED) is 0.0448. The van der Waals surface area contributed by atoms with E-state index in [9.17, 15) is 14.4 Å². The number of carbonyl (C=O) groups is 3. The zero-order valence-corrected chi connectivity index (χ0v) is 50.8. The molecule has 2 unspecified atom stereocenters. The molecule has 0 rings (SSSR count). The van der Waals surface area contributed by atoms with Gasteiger partial charge in [0.15, 0.2) is 0 Å². The minimum Gasteiger partial charge on any atom is -0.465 e. The van der Waals surface area contributed by atoms with E-state index in [1.807, 2.05) is 0 Å². The average Bonchev–Trinajstić information content (AvgIpc) is 3.38. The Labute approximate surface area is 457 Å². The number of rotatable bonds is 59. The van der Waals surface area contributed by atoms with Crippen molar-refractivity contribution in [1.29, 1.82) is 0 Å². The second-order valence-electron chi connectivity index (χ2n) is 23.5. The van der Waals surface area contributed by atoms with E-state index in [2.05, 4.69) is 63.4 Å². The first-order chi connectivity index (χ1) is 35.7. The van der Waals surface area contributed by atoms with Gasteiger partial charge in [-0.15, -0.1) is 0 Å². The van der Waals surface area contributed by atoms with E-state index in [4.69, 9.17) is 4.74 Å². The Balaban J connectivity index is 5.17. The van der Waals surface area contributed by atoms with Crippen LogP contribution in [0.5, 0.6) is 0 Å². The molecule has 0 aliphatic carbocycles. The summed E-state index contributed by atoms with van der Waals surface area (Å²) in [6.07, 6.45) is 58.5. The topological polar surface area (TPSA) is 70.2 Å².